The number of nitrogens with two attached hydrogens (primary N) is 1. The zero-order valence-electron chi connectivity index (χ0n) is 12.3. The lowest BCUT2D eigenvalue weighted by Crippen LogP contribution is -2.04. The molecule has 0 aliphatic rings. The molecule has 0 aliphatic heterocycles. The van der Waals surface area contributed by atoms with Crippen LogP contribution in [0.4, 0.5) is 5.69 Å². The molecule has 106 valence electrons. The van der Waals surface area contributed by atoms with Gasteiger partial charge in [-0.05, 0) is 54.8 Å². The van der Waals surface area contributed by atoms with Crippen molar-refractivity contribution in [2.24, 2.45) is 0 Å². The molecule has 2 aromatic rings. The van der Waals surface area contributed by atoms with Gasteiger partial charge in [0.05, 0.1) is 13.7 Å². The highest BCUT2D eigenvalue weighted by molar-refractivity contribution is 5.52. The standard InChI is InChI=1S/C17H21NO2/c1-12-10-15(18)11-13(2)17(12)20-9-8-14-4-6-16(19-3)7-5-14/h4-7,10-11H,8-9,18H2,1-3H3. The first-order valence-electron chi connectivity index (χ1n) is 6.72. The van der Waals surface area contributed by atoms with Gasteiger partial charge in [0.1, 0.15) is 11.5 Å². The van der Waals surface area contributed by atoms with Gasteiger partial charge in [-0.3, -0.25) is 0 Å². The highest BCUT2D eigenvalue weighted by Crippen LogP contribution is 2.26. The van der Waals surface area contributed by atoms with Crippen LogP contribution in [0.2, 0.25) is 0 Å². The van der Waals surface area contributed by atoms with Gasteiger partial charge in [-0.2, -0.15) is 0 Å². The Balaban J connectivity index is 1.95. The van der Waals surface area contributed by atoms with Crippen LogP contribution in [0.15, 0.2) is 36.4 Å². The third kappa shape index (κ3) is 3.44. The summed E-state index contributed by atoms with van der Waals surface area (Å²) in [6.07, 6.45) is 0.868. The van der Waals surface area contributed by atoms with Gasteiger partial charge in [-0.25, -0.2) is 0 Å². The van der Waals surface area contributed by atoms with Gasteiger partial charge in [0, 0.05) is 12.1 Å². The Morgan fingerprint density at radius 2 is 1.60 bits per heavy atom. The molecule has 0 saturated heterocycles. The summed E-state index contributed by atoms with van der Waals surface area (Å²) in [5.41, 5.74) is 9.98. The van der Waals surface area contributed by atoms with Crippen molar-refractivity contribution in [1.29, 1.82) is 0 Å². The van der Waals surface area contributed by atoms with Crippen molar-refractivity contribution < 1.29 is 9.47 Å². The summed E-state index contributed by atoms with van der Waals surface area (Å²) >= 11 is 0. The van der Waals surface area contributed by atoms with Crippen LogP contribution < -0.4 is 15.2 Å². The van der Waals surface area contributed by atoms with Crippen LogP contribution in [-0.4, -0.2) is 13.7 Å². The molecule has 2 aromatic carbocycles. The SMILES string of the molecule is COc1ccc(CCOc2c(C)cc(N)cc2C)cc1. The Morgan fingerprint density at radius 3 is 2.15 bits per heavy atom. The number of hydrogen-bond donors (Lipinski definition) is 1. The average Bonchev–Trinajstić information content (AvgIpc) is 2.42. The van der Waals surface area contributed by atoms with Crippen molar-refractivity contribution in [1.82, 2.24) is 0 Å². The topological polar surface area (TPSA) is 44.5 Å². The minimum Gasteiger partial charge on any atom is -0.497 e. The van der Waals surface area contributed by atoms with E-state index in [2.05, 4.69) is 12.1 Å². The first kappa shape index (κ1) is 14.3. The minimum absolute atomic E-state index is 0.651. The molecule has 0 bridgehead atoms. The summed E-state index contributed by atoms with van der Waals surface area (Å²) in [6.45, 7) is 4.69. The molecule has 0 unspecified atom stereocenters. The molecule has 0 aliphatic carbocycles. The van der Waals surface area contributed by atoms with Crippen molar-refractivity contribution in [3.05, 3.63) is 53.1 Å². The van der Waals surface area contributed by atoms with Crippen LogP contribution in [0.25, 0.3) is 0 Å². The van der Waals surface area contributed by atoms with Crippen LogP contribution in [0, 0.1) is 13.8 Å². The molecule has 2 rings (SSSR count). The Labute approximate surface area is 120 Å². The van der Waals surface area contributed by atoms with Gasteiger partial charge < -0.3 is 15.2 Å². The lowest BCUT2D eigenvalue weighted by Gasteiger charge is -2.13. The number of methoxy groups -OCH3 is 1. The molecule has 0 saturated carbocycles. The van der Waals surface area contributed by atoms with Crippen LogP contribution >= 0.6 is 0 Å². The number of benzene rings is 2. The highest BCUT2D eigenvalue weighted by atomic mass is 16.5. The van der Waals surface area contributed by atoms with Crippen LogP contribution in [0.5, 0.6) is 11.5 Å². The Bertz CT molecular complexity index is 553. The zero-order valence-corrected chi connectivity index (χ0v) is 12.3. The molecule has 0 spiro atoms. The number of ether oxygens (including phenoxy) is 2. The highest BCUT2D eigenvalue weighted by Gasteiger charge is 2.05. The van der Waals surface area contributed by atoms with E-state index in [0.29, 0.717) is 6.61 Å². The summed E-state index contributed by atoms with van der Waals surface area (Å²) in [6, 6.07) is 11.9. The molecule has 20 heavy (non-hydrogen) atoms. The molecule has 3 heteroatoms. The van der Waals surface area contributed by atoms with Crippen LogP contribution in [0.3, 0.4) is 0 Å². The molecule has 0 fully saturated rings. The van der Waals surface area contributed by atoms with E-state index < -0.39 is 0 Å². The minimum atomic E-state index is 0.651. The predicted octanol–water partition coefficient (Wildman–Crippen LogP) is 3.52. The average molecular weight is 271 g/mol. The Kier molecular flexibility index (Phi) is 4.51. The maximum Gasteiger partial charge on any atom is 0.125 e. The largest absolute Gasteiger partial charge is 0.497 e. The molecular weight excluding hydrogens is 250 g/mol. The monoisotopic (exact) mass is 271 g/mol. The molecular formula is C17H21NO2. The molecule has 2 N–H and O–H groups in total. The normalized spacial score (nSPS) is 10.3. The molecule has 0 atom stereocenters. The number of rotatable bonds is 5. The number of anilines is 1. The van der Waals surface area contributed by atoms with E-state index in [1.807, 2.05) is 38.1 Å². The van der Waals surface area contributed by atoms with Crippen molar-refractivity contribution in [2.45, 2.75) is 20.3 Å². The van der Waals surface area contributed by atoms with E-state index in [1.54, 1.807) is 7.11 Å². The summed E-state index contributed by atoms with van der Waals surface area (Å²) in [7, 11) is 1.67. The third-order valence-electron chi connectivity index (χ3n) is 3.28. The van der Waals surface area contributed by atoms with Gasteiger partial charge in [-0.1, -0.05) is 12.1 Å². The predicted molar refractivity (Wildman–Crippen MR) is 82.5 cm³/mol. The Hall–Kier alpha value is -2.16. The fraction of sp³-hybridized carbons (Fsp3) is 0.294. The third-order valence-corrected chi connectivity index (χ3v) is 3.28. The van der Waals surface area contributed by atoms with Crippen molar-refractivity contribution in [2.75, 3.05) is 19.5 Å². The lowest BCUT2D eigenvalue weighted by molar-refractivity contribution is 0.317. The van der Waals surface area contributed by atoms with E-state index in [4.69, 9.17) is 15.2 Å². The number of hydrogen-bond acceptors (Lipinski definition) is 3. The van der Waals surface area contributed by atoms with Crippen molar-refractivity contribution in [3.8, 4) is 11.5 Å². The van der Waals surface area contributed by atoms with Gasteiger partial charge in [0.15, 0.2) is 0 Å². The van der Waals surface area contributed by atoms with E-state index in [9.17, 15) is 0 Å². The van der Waals surface area contributed by atoms with Crippen molar-refractivity contribution in [3.63, 3.8) is 0 Å². The fourth-order valence-electron chi connectivity index (χ4n) is 2.27. The second kappa shape index (κ2) is 6.33. The van der Waals surface area contributed by atoms with Gasteiger partial charge in [0.2, 0.25) is 0 Å². The van der Waals surface area contributed by atoms with Crippen LogP contribution in [-0.2, 0) is 6.42 Å². The second-order valence-corrected chi connectivity index (χ2v) is 4.93. The van der Waals surface area contributed by atoms with E-state index in [0.717, 1.165) is 34.7 Å². The second-order valence-electron chi connectivity index (χ2n) is 4.93. The molecule has 0 radical (unpaired) electrons. The Morgan fingerprint density at radius 1 is 1.00 bits per heavy atom. The summed E-state index contributed by atoms with van der Waals surface area (Å²) in [4.78, 5) is 0. The lowest BCUT2D eigenvalue weighted by atomic mass is 10.1. The smallest absolute Gasteiger partial charge is 0.125 e. The van der Waals surface area contributed by atoms with E-state index in [1.165, 1.54) is 5.56 Å². The molecule has 0 heterocycles. The van der Waals surface area contributed by atoms with E-state index >= 15 is 0 Å². The number of nitrogen functional groups attached to an aromatic ring is 1. The van der Waals surface area contributed by atoms with E-state index in [-0.39, 0.29) is 0 Å². The summed E-state index contributed by atoms with van der Waals surface area (Å²) in [5, 5.41) is 0. The van der Waals surface area contributed by atoms with Gasteiger partial charge in [-0.15, -0.1) is 0 Å². The molecule has 0 amide bonds. The first-order chi connectivity index (χ1) is 9.60. The maximum absolute atomic E-state index is 5.90. The fourth-order valence-corrected chi connectivity index (χ4v) is 2.27. The van der Waals surface area contributed by atoms with Crippen molar-refractivity contribution >= 4 is 5.69 Å². The van der Waals surface area contributed by atoms with Gasteiger partial charge in [0.25, 0.3) is 0 Å². The van der Waals surface area contributed by atoms with Gasteiger partial charge >= 0.3 is 0 Å². The first-order valence-corrected chi connectivity index (χ1v) is 6.72. The molecule has 0 aromatic heterocycles. The van der Waals surface area contributed by atoms with Crippen LogP contribution in [0.1, 0.15) is 16.7 Å². The zero-order chi connectivity index (χ0) is 14.5. The summed E-state index contributed by atoms with van der Waals surface area (Å²) < 4.78 is 11.0. The maximum atomic E-state index is 5.90. The quantitative estimate of drug-likeness (QED) is 0.846. The number of aryl methyl sites for hydroxylation is 2. The molecule has 3 nitrogen and oxygen atoms in total. The summed E-state index contributed by atoms with van der Waals surface area (Å²) in [5.74, 6) is 1.81.